The molecule has 2 rings (SSSR count). The Morgan fingerprint density at radius 3 is 2.94 bits per heavy atom. The van der Waals surface area contributed by atoms with Crippen LogP contribution in [0.1, 0.15) is 11.7 Å². The summed E-state index contributed by atoms with van der Waals surface area (Å²) >= 11 is 0. The van der Waals surface area contributed by atoms with Gasteiger partial charge in [0.15, 0.2) is 6.61 Å². The van der Waals surface area contributed by atoms with Crippen LogP contribution in [-0.4, -0.2) is 16.7 Å². The molecule has 2 N–H and O–H groups in total. The monoisotopic (exact) mass is 273 g/mol. The number of ether oxygens (including phenoxy) is 1. The number of benzene rings is 1. The van der Waals surface area contributed by atoms with E-state index in [2.05, 4.69) is 10.1 Å². The molecule has 0 radical (unpaired) electrons. The normalized spacial score (nSPS) is 9.89. The molecule has 0 aliphatic carbocycles. The fourth-order valence-electron chi connectivity index (χ4n) is 1.28. The van der Waals surface area contributed by atoms with E-state index in [0.717, 1.165) is 0 Å². The van der Waals surface area contributed by atoms with Crippen LogP contribution in [0.4, 0.5) is 4.39 Å². The molecule has 0 aliphatic rings. The van der Waals surface area contributed by atoms with Crippen molar-refractivity contribution in [2.24, 2.45) is 5.73 Å². The van der Waals surface area contributed by atoms with Crippen LogP contribution in [0.2, 0.25) is 0 Å². The lowest BCUT2D eigenvalue weighted by molar-refractivity contribution is 0.284. The first-order valence-corrected chi connectivity index (χ1v) is 5.18. The summed E-state index contributed by atoms with van der Waals surface area (Å²) in [6.07, 6.45) is 0.535. The molecule has 18 heavy (non-hydrogen) atoms. The van der Waals surface area contributed by atoms with Gasteiger partial charge in [-0.2, -0.15) is 4.98 Å². The predicted molar refractivity (Wildman–Crippen MR) is 65.0 cm³/mol. The molecule has 5 nitrogen and oxygen atoms in total. The summed E-state index contributed by atoms with van der Waals surface area (Å²) in [6.45, 7) is 0.587. The zero-order valence-electron chi connectivity index (χ0n) is 9.51. The first-order valence-electron chi connectivity index (χ1n) is 5.18. The topological polar surface area (TPSA) is 74.2 Å². The number of halogens is 2. The number of nitrogens with two attached hydrogens (primary N) is 1. The lowest BCUT2D eigenvalue weighted by atomic mass is 10.3. The molecule has 98 valence electrons. The molecule has 0 bridgehead atoms. The molecule has 0 saturated heterocycles. The summed E-state index contributed by atoms with van der Waals surface area (Å²) in [4.78, 5) is 4.06. The summed E-state index contributed by atoms with van der Waals surface area (Å²) in [5.41, 5.74) is 5.35. The van der Waals surface area contributed by atoms with Crippen LogP contribution in [0.15, 0.2) is 28.8 Å². The maximum Gasteiger partial charge on any atom is 0.228 e. The second-order valence-corrected chi connectivity index (χ2v) is 3.39. The molecular weight excluding hydrogens is 261 g/mol. The molecule has 1 aromatic heterocycles. The van der Waals surface area contributed by atoms with E-state index in [1.165, 1.54) is 12.1 Å². The number of hydrogen-bond donors (Lipinski definition) is 1. The van der Waals surface area contributed by atoms with Crippen LogP contribution in [0.3, 0.4) is 0 Å². The highest BCUT2D eigenvalue weighted by atomic mass is 35.5. The number of aromatic nitrogens is 2. The summed E-state index contributed by atoms with van der Waals surface area (Å²) < 4.78 is 23.1. The molecule has 1 heterocycles. The SMILES string of the molecule is Cl.NCCc1nc(COc2cccc(F)c2)no1. The van der Waals surface area contributed by atoms with Crippen molar-refractivity contribution in [1.29, 1.82) is 0 Å². The highest BCUT2D eigenvalue weighted by Gasteiger charge is 2.06. The van der Waals surface area contributed by atoms with Gasteiger partial charge in [-0.25, -0.2) is 4.39 Å². The fraction of sp³-hybridized carbons (Fsp3) is 0.273. The van der Waals surface area contributed by atoms with Crippen LogP contribution < -0.4 is 10.5 Å². The minimum absolute atomic E-state index is 0. The summed E-state index contributed by atoms with van der Waals surface area (Å²) in [5.74, 6) is 0.970. The van der Waals surface area contributed by atoms with E-state index < -0.39 is 0 Å². The van der Waals surface area contributed by atoms with E-state index in [9.17, 15) is 4.39 Å². The standard InChI is InChI=1S/C11H12FN3O2.ClH/c12-8-2-1-3-9(6-8)16-7-10-14-11(4-5-13)17-15-10;/h1-3,6H,4-5,7,13H2;1H. The van der Waals surface area contributed by atoms with Gasteiger partial charge >= 0.3 is 0 Å². The molecule has 0 unspecified atom stereocenters. The first-order chi connectivity index (χ1) is 8.28. The van der Waals surface area contributed by atoms with Crippen molar-refractivity contribution in [2.75, 3.05) is 6.54 Å². The van der Waals surface area contributed by atoms with Crippen molar-refractivity contribution in [3.05, 3.63) is 41.8 Å². The molecule has 2 aromatic rings. The third-order valence-electron chi connectivity index (χ3n) is 2.03. The Hall–Kier alpha value is -1.66. The Kier molecular flexibility index (Phi) is 5.54. The van der Waals surface area contributed by atoms with Gasteiger partial charge in [-0.15, -0.1) is 12.4 Å². The van der Waals surface area contributed by atoms with E-state index in [1.807, 2.05) is 0 Å². The van der Waals surface area contributed by atoms with Crippen LogP contribution in [-0.2, 0) is 13.0 Å². The molecule has 0 fully saturated rings. The zero-order chi connectivity index (χ0) is 12.1. The minimum Gasteiger partial charge on any atom is -0.485 e. The number of rotatable bonds is 5. The average Bonchev–Trinajstić information content (AvgIpc) is 2.75. The van der Waals surface area contributed by atoms with Crippen LogP contribution in [0.25, 0.3) is 0 Å². The van der Waals surface area contributed by atoms with E-state index in [-0.39, 0.29) is 24.8 Å². The largest absolute Gasteiger partial charge is 0.485 e. The van der Waals surface area contributed by atoms with Crippen LogP contribution in [0, 0.1) is 5.82 Å². The molecule has 1 aromatic carbocycles. The fourth-order valence-corrected chi connectivity index (χ4v) is 1.28. The van der Waals surface area contributed by atoms with E-state index >= 15 is 0 Å². The van der Waals surface area contributed by atoms with Gasteiger partial charge in [0.2, 0.25) is 11.7 Å². The van der Waals surface area contributed by atoms with Crippen molar-refractivity contribution >= 4 is 12.4 Å². The van der Waals surface area contributed by atoms with E-state index in [1.54, 1.807) is 12.1 Å². The van der Waals surface area contributed by atoms with Gasteiger partial charge < -0.3 is 15.0 Å². The highest BCUT2D eigenvalue weighted by molar-refractivity contribution is 5.85. The number of nitrogens with zero attached hydrogens (tertiary/aromatic N) is 2. The summed E-state index contributed by atoms with van der Waals surface area (Å²) in [6, 6.07) is 5.87. The molecular formula is C11H13ClFN3O2. The van der Waals surface area contributed by atoms with E-state index in [4.69, 9.17) is 15.0 Å². The van der Waals surface area contributed by atoms with Gasteiger partial charge in [-0.3, -0.25) is 0 Å². The van der Waals surface area contributed by atoms with Crippen molar-refractivity contribution in [2.45, 2.75) is 13.0 Å². The molecule has 0 saturated carbocycles. The molecule has 0 spiro atoms. The maximum absolute atomic E-state index is 12.9. The van der Waals surface area contributed by atoms with Gasteiger partial charge in [0.25, 0.3) is 0 Å². The predicted octanol–water partition coefficient (Wildman–Crippen LogP) is 1.71. The van der Waals surface area contributed by atoms with Gasteiger partial charge in [0.1, 0.15) is 11.6 Å². The Balaban J connectivity index is 0.00000162. The highest BCUT2D eigenvalue weighted by Crippen LogP contribution is 2.13. The van der Waals surface area contributed by atoms with Gasteiger partial charge in [-0.1, -0.05) is 11.2 Å². The first kappa shape index (κ1) is 14.4. The Morgan fingerprint density at radius 2 is 2.22 bits per heavy atom. The molecule has 0 aliphatic heterocycles. The minimum atomic E-state index is -0.348. The van der Waals surface area contributed by atoms with Crippen LogP contribution >= 0.6 is 12.4 Å². The van der Waals surface area contributed by atoms with Crippen molar-refractivity contribution in [3.8, 4) is 5.75 Å². The Labute approximate surface area is 110 Å². The quantitative estimate of drug-likeness (QED) is 0.898. The van der Waals surface area contributed by atoms with Crippen molar-refractivity contribution in [1.82, 2.24) is 10.1 Å². The maximum atomic E-state index is 12.9. The Bertz CT molecular complexity index is 493. The molecule has 7 heteroatoms. The summed E-state index contributed by atoms with van der Waals surface area (Å²) in [7, 11) is 0. The third kappa shape index (κ3) is 3.97. The third-order valence-corrected chi connectivity index (χ3v) is 2.03. The number of hydrogen-bond acceptors (Lipinski definition) is 5. The van der Waals surface area contributed by atoms with Gasteiger partial charge in [-0.05, 0) is 12.1 Å². The molecule has 0 amide bonds. The smallest absolute Gasteiger partial charge is 0.228 e. The van der Waals surface area contributed by atoms with E-state index in [0.29, 0.717) is 30.4 Å². The van der Waals surface area contributed by atoms with Crippen LogP contribution in [0.5, 0.6) is 5.75 Å². The lowest BCUT2D eigenvalue weighted by Gasteiger charge is -2.02. The van der Waals surface area contributed by atoms with Gasteiger partial charge in [0, 0.05) is 19.0 Å². The second kappa shape index (κ2) is 6.93. The second-order valence-electron chi connectivity index (χ2n) is 3.39. The van der Waals surface area contributed by atoms with Crippen molar-refractivity contribution in [3.63, 3.8) is 0 Å². The molecule has 0 atom stereocenters. The lowest BCUT2D eigenvalue weighted by Crippen LogP contribution is -2.03. The zero-order valence-corrected chi connectivity index (χ0v) is 10.3. The summed E-state index contributed by atoms with van der Waals surface area (Å²) in [5, 5.41) is 3.71. The van der Waals surface area contributed by atoms with Gasteiger partial charge in [0.05, 0.1) is 0 Å². The Morgan fingerprint density at radius 1 is 1.39 bits per heavy atom. The average molecular weight is 274 g/mol. The van der Waals surface area contributed by atoms with Crippen molar-refractivity contribution < 1.29 is 13.7 Å².